The lowest BCUT2D eigenvalue weighted by Crippen LogP contribution is -2.36. The molecule has 3 fully saturated rings. The minimum absolute atomic E-state index is 0.181. The Morgan fingerprint density at radius 3 is 2.50 bits per heavy atom. The number of fused-ring (bicyclic) bond motifs is 1. The SMILES string of the molecule is C=C1CCC(O)(O)C/C1=C/C=C1CCC[C@@]2(C)C1CC[C@@H]2[C@H](C)CC[C@H](O)C(C)C. The van der Waals surface area contributed by atoms with Gasteiger partial charge in [0.1, 0.15) is 0 Å². The van der Waals surface area contributed by atoms with Crippen molar-refractivity contribution >= 4 is 0 Å². The van der Waals surface area contributed by atoms with Crippen molar-refractivity contribution in [2.45, 2.75) is 104 Å². The molecule has 3 aliphatic rings. The molecule has 3 saturated carbocycles. The Labute approximate surface area is 184 Å². The van der Waals surface area contributed by atoms with Gasteiger partial charge in [0.05, 0.1) is 6.10 Å². The highest BCUT2D eigenvalue weighted by atomic mass is 16.5. The van der Waals surface area contributed by atoms with Crippen molar-refractivity contribution in [3.63, 3.8) is 0 Å². The van der Waals surface area contributed by atoms with Crippen LogP contribution >= 0.6 is 0 Å². The van der Waals surface area contributed by atoms with Gasteiger partial charge in [0, 0.05) is 12.8 Å². The van der Waals surface area contributed by atoms with E-state index in [4.69, 9.17) is 0 Å². The van der Waals surface area contributed by atoms with Gasteiger partial charge in [0.25, 0.3) is 0 Å². The first-order valence-corrected chi connectivity index (χ1v) is 12.2. The third-order valence-electron chi connectivity index (χ3n) is 8.67. The number of rotatable bonds is 6. The molecule has 3 N–H and O–H groups in total. The molecule has 3 aliphatic carbocycles. The van der Waals surface area contributed by atoms with Gasteiger partial charge in [-0.05, 0) is 86.0 Å². The zero-order valence-corrected chi connectivity index (χ0v) is 19.7. The molecule has 1 unspecified atom stereocenters. The third kappa shape index (κ3) is 5.11. The predicted molar refractivity (Wildman–Crippen MR) is 124 cm³/mol. The van der Waals surface area contributed by atoms with Crippen LogP contribution in [0.15, 0.2) is 35.5 Å². The van der Waals surface area contributed by atoms with E-state index in [-0.39, 0.29) is 12.5 Å². The fourth-order valence-corrected chi connectivity index (χ4v) is 6.60. The number of hydrogen-bond donors (Lipinski definition) is 3. The van der Waals surface area contributed by atoms with Gasteiger partial charge in [0.15, 0.2) is 5.79 Å². The van der Waals surface area contributed by atoms with E-state index in [1.807, 2.05) is 0 Å². The molecule has 30 heavy (non-hydrogen) atoms. The normalized spacial score (nSPS) is 36.3. The Balaban J connectivity index is 1.72. The quantitative estimate of drug-likeness (QED) is 0.472. The first kappa shape index (κ1) is 23.8. The van der Waals surface area contributed by atoms with Gasteiger partial charge in [-0.15, -0.1) is 0 Å². The fourth-order valence-electron chi connectivity index (χ4n) is 6.60. The lowest BCUT2D eigenvalue weighted by molar-refractivity contribution is -0.166. The molecule has 0 amide bonds. The van der Waals surface area contributed by atoms with Crippen LogP contribution < -0.4 is 0 Å². The first-order valence-electron chi connectivity index (χ1n) is 12.2. The molecule has 3 nitrogen and oxygen atoms in total. The molecule has 0 heterocycles. The average Bonchev–Trinajstić information content (AvgIpc) is 3.04. The van der Waals surface area contributed by atoms with Gasteiger partial charge in [-0.1, -0.05) is 57.6 Å². The first-order chi connectivity index (χ1) is 14.0. The Kier molecular flexibility index (Phi) is 7.37. The molecular weight excluding hydrogens is 372 g/mol. The molecule has 0 saturated heterocycles. The summed E-state index contributed by atoms with van der Waals surface area (Å²) in [4.78, 5) is 0. The van der Waals surface area contributed by atoms with E-state index in [0.717, 1.165) is 36.3 Å². The maximum absolute atomic E-state index is 10.3. The van der Waals surface area contributed by atoms with Gasteiger partial charge >= 0.3 is 0 Å². The number of aliphatic hydroxyl groups excluding tert-OH is 1. The third-order valence-corrected chi connectivity index (χ3v) is 8.67. The second-order valence-electron chi connectivity index (χ2n) is 11.2. The van der Waals surface area contributed by atoms with Crippen LogP contribution in [0.25, 0.3) is 0 Å². The van der Waals surface area contributed by atoms with E-state index in [2.05, 4.69) is 46.4 Å². The number of allylic oxidation sites excluding steroid dienone is 4. The van der Waals surface area contributed by atoms with E-state index in [9.17, 15) is 15.3 Å². The lowest BCUT2D eigenvalue weighted by Gasteiger charge is -2.44. The van der Waals surface area contributed by atoms with E-state index in [1.165, 1.54) is 25.7 Å². The monoisotopic (exact) mass is 416 g/mol. The second-order valence-corrected chi connectivity index (χ2v) is 11.2. The molecule has 170 valence electrons. The Bertz CT molecular complexity index is 686. The molecule has 0 aliphatic heterocycles. The van der Waals surface area contributed by atoms with Crippen molar-refractivity contribution in [2.75, 3.05) is 0 Å². The summed E-state index contributed by atoms with van der Waals surface area (Å²) in [6.45, 7) is 13.3. The van der Waals surface area contributed by atoms with Crippen LogP contribution in [-0.2, 0) is 0 Å². The van der Waals surface area contributed by atoms with Crippen LogP contribution in [0.5, 0.6) is 0 Å². The second kappa shape index (κ2) is 9.30. The summed E-state index contributed by atoms with van der Waals surface area (Å²) >= 11 is 0. The van der Waals surface area contributed by atoms with Crippen LogP contribution in [0.3, 0.4) is 0 Å². The summed E-state index contributed by atoms with van der Waals surface area (Å²) < 4.78 is 0. The zero-order valence-electron chi connectivity index (χ0n) is 19.7. The summed E-state index contributed by atoms with van der Waals surface area (Å²) in [6.07, 6.45) is 13.8. The summed E-state index contributed by atoms with van der Waals surface area (Å²) in [6, 6.07) is 0. The molecule has 3 heteroatoms. The summed E-state index contributed by atoms with van der Waals surface area (Å²) in [5, 5.41) is 30.3. The highest BCUT2D eigenvalue weighted by Crippen LogP contribution is 2.60. The highest BCUT2D eigenvalue weighted by molar-refractivity contribution is 5.36. The highest BCUT2D eigenvalue weighted by Gasteiger charge is 2.50. The summed E-state index contributed by atoms with van der Waals surface area (Å²) in [7, 11) is 0. The molecule has 3 rings (SSSR count). The average molecular weight is 417 g/mol. The van der Waals surface area contributed by atoms with Gasteiger partial charge in [-0.3, -0.25) is 0 Å². The Morgan fingerprint density at radius 2 is 1.80 bits per heavy atom. The van der Waals surface area contributed by atoms with Gasteiger partial charge in [-0.25, -0.2) is 0 Å². The minimum Gasteiger partial charge on any atom is -0.393 e. The maximum Gasteiger partial charge on any atom is 0.166 e. The van der Waals surface area contributed by atoms with Crippen molar-refractivity contribution in [3.05, 3.63) is 35.5 Å². The molecule has 5 atom stereocenters. The van der Waals surface area contributed by atoms with Crippen LogP contribution in [0.4, 0.5) is 0 Å². The molecule has 0 bridgehead atoms. The van der Waals surface area contributed by atoms with Crippen molar-refractivity contribution in [2.24, 2.45) is 29.1 Å². The number of aliphatic hydroxyl groups is 3. The van der Waals surface area contributed by atoms with Crippen LogP contribution in [0.2, 0.25) is 0 Å². The molecule has 0 radical (unpaired) electrons. The fraction of sp³-hybridized carbons (Fsp3) is 0.778. The minimum atomic E-state index is -1.58. The van der Waals surface area contributed by atoms with Gasteiger partial charge in [-0.2, -0.15) is 0 Å². The Morgan fingerprint density at radius 1 is 1.07 bits per heavy atom. The van der Waals surface area contributed by atoms with Crippen LogP contribution in [-0.4, -0.2) is 27.2 Å². The van der Waals surface area contributed by atoms with Gasteiger partial charge < -0.3 is 15.3 Å². The predicted octanol–water partition coefficient (Wildman–Crippen LogP) is 5.91. The van der Waals surface area contributed by atoms with Crippen molar-refractivity contribution < 1.29 is 15.3 Å². The van der Waals surface area contributed by atoms with Crippen molar-refractivity contribution in [3.8, 4) is 0 Å². The zero-order chi connectivity index (χ0) is 22.1. The van der Waals surface area contributed by atoms with E-state index in [0.29, 0.717) is 36.0 Å². The van der Waals surface area contributed by atoms with Gasteiger partial charge in [0.2, 0.25) is 0 Å². The van der Waals surface area contributed by atoms with E-state index >= 15 is 0 Å². The molecular formula is C27H44O3. The topological polar surface area (TPSA) is 60.7 Å². The maximum atomic E-state index is 10.3. The molecule has 0 aromatic rings. The smallest absolute Gasteiger partial charge is 0.166 e. The van der Waals surface area contributed by atoms with E-state index in [1.54, 1.807) is 5.57 Å². The molecule has 0 spiro atoms. The standard InChI is InChI=1S/C27H44O3/c1-18(2)25(28)13-8-20(4)23-11-12-24-21(7-6-15-26(23,24)5)9-10-22-17-27(29,30)16-14-19(22)3/h9-10,18,20,23-25,28-30H,3,6-8,11-17H2,1-2,4-5H3/b21-9?,22-10-/t20-,23-,24?,25+,26-/m1/s1. The summed E-state index contributed by atoms with van der Waals surface area (Å²) in [5.74, 6) is 0.767. The number of hydrogen-bond acceptors (Lipinski definition) is 3. The van der Waals surface area contributed by atoms with E-state index < -0.39 is 5.79 Å². The molecule has 0 aromatic carbocycles. The summed E-state index contributed by atoms with van der Waals surface area (Å²) in [5.41, 5.74) is 3.95. The van der Waals surface area contributed by atoms with Crippen LogP contribution in [0, 0.1) is 29.1 Å². The molecule has 0 aromatic heterocycles. The largest absolute Gasteiger partial charge is 0.393 e. The lowest BCUT2D eigenvalue weighted by atomic mass is 9.60. The van der Waals surface area contributed by atoms with Crippen molar-refractivity contribution in [1.82, 2.24) is 0 Å². The van der Waals surface area contributed by atoms with Crippen LogP contribution in [0.1, 0.15) is 91.9 Å². The van der Waals surface area contributed by atoms with Crippen molar-refractivity contribution in [1.29, 1.82) is 0 Å². The Hall–Kier alpha value is -0.900.